The second-order valence-electron chi connectivity index (χ2n) is 7.49. The molecule has 0 spiro atoms. The Labute approximate surface area is 151 Å². The van der Waals surface area contributed by atoms with Crippen LogP contribution in [0, 0.1) is 0 Å². The number of aliphatic hydroxyl groups is 2. The Hall–Kier alpha value is -0.120. The summed E-state index contributed by atoms with van der Waals surface area (Å²) in [6, 6.07) is 0. The summed E-state index contributed by atoms with van der Waals surface area (Å²) >= 11 is 0. The maximum absolute atomic E-state index is 9.85. The van der Waals surface area contributed by atoms with Crippen LogP contribution in [-0.2, 0) is 0 Å². The SMILES string of the molecule is CCCCCCCCCCCCCCCCC(O)CC(O)CNC. The van der Waals surface area contributed by atoms with E-state index in [9.17, 15) is 10.2 Å². The van der Waals surface area contributed by atoms with Crippen LogP contribution >= 0.6 is 0 Å². The van der Waals surface area contributed by atoms with Crippen LogP contribution < -0.4 is 5.32 Å². The van der Waals surface area contributed by atoms with Crippen LogP contribution in [0.2, 0.25) is 0 Å². The van der Waals surface area contributed by atoms with Crippen molar-refractivity contribution >= 4 is 0 Å². The molecule has 0 saturated heterocycles. The van der Waals surface area contributed by atoms with Gasteiger partial charge in [0.2, 0.25) is 0 Å². The lowest BCUT2D eigenvalue weighted by atomic mass is 10.0. The van der Waals surface area contributed by atoms with Crippen molar-refractivity contribution < 1.29 is 10.2 Å². The van der Waals surface area contributed by atoms with Crippen LogP contribution in [0.15, 0.2) is 0 Å². The fraction of sp³-hybridized carbons (Fsp3) is 1.00. The van der Waals surface area contributed by atoms with Gasteiger partial charge in [0, 0.05) is 13.0 Å². The summed E-state index contributed by atoms with van der Waals surface area (Å²) < 4.78 is 0. The van der Waals surface area contributed by atoms with E-state index >= 15 is 0 Å². The molecule has 0 aliphatic carbocycles. The number of likely N-dealkylation sites (N-methyl/N-ethyl adjacent to an activating group) is 1. The molecule has 3 nitrogen and oxygen atoms in total. The Morgan fingerprint density at radius 3 is 1.46 bits per heavy atom. The second-order valence-corrected chi connectivity index (χ2v) is 7.49. The summed E-state index contributed by atoms with van der Waals surface area (Å²) in [7, 11) is 1.82. The largest absolute Gasteiger partial charge is 0.393 e. The van der Waals surface area contributed by atoms with Gasteiger partial charge in [0.15, 0.2) is 0 Å². The van der Waals surface area contributed by atoms with Crippen molar-refractivity contribution in [2.24, 2.45) is 0 Å². The summed E-state index contributed by atoms with van der Waals surface area (Å²) in [5, 5.41) is 22.4. The first-order valence-electron chi connectivity index (χ1n) is 10.7. The molecule has 0 aliphatic heterocycles. The number of rotatable bonds is 19. The Morgan fingerprint density at radius 2 is 1.04 bits per heavy atom. The molecule has 0 radical (unpaired) electrons. The molecule has 0 aromatic heterocycles. The molecule has 0 fully saturated rings. The van der Waals surface area contributed by atoms with Gasteiger partial charge in [-0.05, 0) is 13.5 Å². The zero-order valence-electron chi connectivity index (χ0n) is 16.6. The zero-order chi connectivity index (χ0) is 17.9. The van der Waals surface area contributed by atoms with E-state index in [2.05, 4.69) is 12.2 Å². The first-order valence-corrected chi connectivity index (χ1v) is 10.7. The van der Waals surface area contributed by atoms with Crippen LogP contribution in [0.1, 0.15) is 110 Å². The molecule has 0 bridgehead atoms. The van der Waals surface area contributed by atoms with Crippen molar-refractivity contribution in [1.82, 2.24) is 5.32 Å². The van der Waals surface area contributed by atoms with Gasteiger partial charge in [-0.1, -0.05) is 96.8 Å². The molecule has 146 valence electrons. The summed E-state index contributed by atoms with van der Waals surface area (Å²) in [5.41, 5.74) is 0. The van der Waals surface area contributed by atoms with Crippen molar-refractivity contribution in [3.05, 3.63) is 0 Å². The topological polar surface area (TPSA) is 52.5 Å². The van der Waals surface area contributed by atoms with Crippen LogP contribution in [0.4, 0.5) is 0 Å². The number of unbranched alkanes of at least 4 members (excludes halogenated alkanes) is 13. The third-order valence-corrected chi connectivity index (χ3v) is 4.87. The van der Waals surface area contributed by atoms with Gasteiger partial charge in [-0.2, -0.15) is 0 Å². The minimum Gasteiger partial charge on any atom is -0.393 e. The van der Waals surface area contributed by atoms with Crippen LogP contribution in [0.3, 0.4) is 0 Å². The minimum absolute atomic E-state index is 0.342. The van der Waals surface area contributed by atoms with Gasteiger partial charge in [-0.15, -0.1) is 0 Å². The van der Waals surface area contributed by atoms with Crippen molar-refractivity contribution in [2.75, 3.05) is 13.6 Å². The van der Waals surface area contributed by atoms with E-state index in [4.69, 9.17) is 0 Å². The van der Waals surface area contributed by atoms with E-state index in [0.717, 1.165) is 12.8 Å². The average molecular weight is 344 g/mol. The van der Waals surface area contributed by atoms with Crippen LogP contribution in [0.25, 0.3) is 0 Å². The Bertz CT molecular complexity index is 236. The van der Waals surface area contributed by atoms with E-state index in [1.54, 1.807) is 0 Å². The number of nitrogens with one attached hydrogen (secondary N) is 1. The molecule has 0 heterocycles. The lowest BCUT2D eigenvalue weighted by Gasteiger charge is -2.15. The summed E-state index contributed by atoms with van der Waals surface area (Å²) in [6.07, 6.45) is 19.6. The van der Waals surface area contributed by atoms with Crippen LogP contribution in [-0.4, -0.2) is 36.0 Å². The van der Waals surface area contributed by atoms with Gasteiger partial charge >= 0.3 is 0 Å². The highest BCUT2D eigenvalue weighted by Crippen LogP contribution is 2.14. The lowest BCUT2D eigenvalue weighted by molar-refractivity contribution is 0.0748. The molecule has 24 heavy (non-hydrogen) atoms. The van der Waals surface area contributed by atoms with Gasteiger partial charge < -0.3 is 15.5 Å². The van der Waals surface area contributed by atoms with Crippen molar-refractivity contribution in [2.45, 2.75) is 122 Å². The highest BCUT2D eigenvalue weighted by atomic mass is 16.3. The van der Waals surface area contributed by atoms with Crippen molar-refractivity contribution in [3.8, 4) is 0 Å². The van der Waals surface area contributed by atoms with E-state index in [1.165, 1.54) is 83.5 Å². The fourth-order valence-corrected chi connectivity index (χ4v) is 3.33. The van der Waals surface area contributed by atoms with E-state index in [-0.39, 0.29) is 6.10 Å². The van der Waals surface area contributed by atoms with Crippen LogP contribution in [0.5, 0.6) is 0 Å². The number of aliphatic hydroxyl groups excluding tert-OH is 2. The maximum Gasteiger partial charge on any atom is 0.0689 e. The van der Waals surface area contributed by atoms with Crippen molar-refractivity contribution in [1.29, 1.82) is 0 Å². The third kappa shape index (κ3) is 18.2. The lowest BCUT2D eigenvalue weighted by Crippen LogP contribution is -2.27. The Kier molecular flexibility index (Phi) is 19.1. The quantitative estimate of drug-likeness (QED) is 0.283. The second kappa shape index (κ2) is 19.2. The molecule has 0 aromatic carbocycles. The normalized spacial score (nSPS) is 14.0. The zero-order valence-corrected chi connectivity index (χ0v) is 16.6. The van der Waals surface area contributed by atoms with E-state index in [0.29, 0.717) is 13.0 Å². The molecular formula is C21H45NO2. The van der Waals surface area contributed by atoms with Crippen molar-refractivity contribution in [3.63, 3.8) is 0 Å². The van der Waals surface area contributed by atoms with Gasteiger partial charge in [0.05, 0.1) is 12.2 Å². The average Bonchev–Trinajstić information content (AvgIpc) is 2.55. The van der Waals surface area contributed by atoms with Gasteiger partial charge in [-0.25, -0.2) is 0 Å². The summed E-state index contributed by atoms with van der Waals surface area (Å²) in [4.78, 5) is 0. The first-order chi connectivity index (χ1) is 11.7. The molecule has 0 aliphatic rings. The first kappa shape index (κ1) is 23.9. The predicted octanol–water partition coefficient (Wildman–Crippen LogP) is 5.19. The molecule has 2 unspecified atom stereocenters. The maximum atomic E-state index is 9.85. The molecule has 0 amide bonds. The summed E-state index contributed by atoms with van der Waals surface area (Å²) in [6.45, 7) is 2.84. The number of hydrogen-bond donors (Lipinski definition) is 3. The predicted molar refractivity (Wildman–Crippen MR) is 105 cm³/mol. The minimum atomic E-state index is -0.420. The molecule has 0 rings (SSSR count). The standard InChI is InChI=1S/C21H45NO2/c1-3-4-5-6-7-8-9-10-11-12-13-14-15-16-17-20(23)18-21(24)19-22-2/h20-24H,3-19H2,1-2H3. The molecular weight excluding hydrogens is 298 g/mol. The number of hydrogen-bond acceptors (Lipinski definition) is 3. The molecule has 0 saturated carbocycles. The van der Waals surface area contributed by atoms with Gasteiger partial charge in [0.25, 0.3) is 0 Å². The Morgan fingerprint density at radius 1 is 0.625 bits per heavy atom. The fourth-order valence-electron chi connectivity index (χ4n) is 3.33. The molecule has 0 aromatic rings. The highest BCUT2D eigenvalue weighted by molar-refractivity contribution is 4.65. The van der Waals surface area contributed by atoms with E-state index in [1.807, 2.05) is 7.05 Å². The van der Waals surface area contributed by atoms with E-state index < -0.39 is 6.10 Å². The molecule has 2 atom stereocenters. The monoisotopic (exact) mass is 343 g/mol. The van der Waals surface area contributed by atoms with Gasteiger partial charge in [0.1, 0.15) is 0 Å². The summed E-state index contributed by atoms with van der Waals surface area (Å²) in [5.74, 6) is 0. The third-order valence-electron chi connectivity index (χ3n) is 4.87. The molecule has 3 heteroatoms. The van der Waals surface area contributed by atoms with Gasteiger partial charge in [-0.3, -0.25) is 0 Å². The Balaban J connectivity index is 3.14. The molecule has 3 N–H and O–H groups in total. The highest BCUT2D eigenvalue weighted by Gasteiger charge is 2.10. The smallest absolute Gasteiger partial charge is 0.0689 e.